The zero-order valence-electron chi connectivity index (χ0n) is 17.6. The molecule has 2 aliphatic heterocycles. The van der Waals surface area contributed by atoms with Gasteiger partial charge in [-0.1, -0.05) is 11.6 Å². The third-order valence-corrected chi connectivity index (χ3v) is 7.56. The van der Waals surface area contributed by atoms with Crippen molar-refractivity contribution in [1.29, 1.82) is 0 Å². The minimum atomic E-state index is -3.93. The fraction of sp³-hybridized carbons (Fsp3) is 0.381. The first kappa shape index (κ1) is 22.5. The molecule has 1 atom stereocenters. The van der Waals surface area contributed by atoms with E-state index in [1.54, 1.807) is 12.1 Å². The number of nitrogens with one attached hydrogen (secondary N) is 1. The second kappa shape index (κ2) is 9.05. The highest BCUT2D eigenvalue weighted by Crippen LogP contribution is 2.37. The van der Waals surface area contributed by atoms with Crippen LogP contribution in [0.2, 0.25) is 5.02 Å². The SMILES string of the molecule is COc1cc(OC)c(NC(=O)C2CCCN2S(=O)(=O)c2ccc3c(c2)OCCO3)cc1Cl. The molecule has 0 saturated carbocycles. The van der Waals surface area contributed by atoms with E-state index in [0.717, 1.165) is 0 Å². The Morgan fingerprint density at radius 3 is 2.53 bits per heavy atom. The Morgan fingerprint density at radius 2 is 1.81 bits per heavy atom. The summed E-state index contributed by atoms with van der Waals surface area (Å²) in [6.07, 6.45) is 0.949. The van der Waals surface area contributed by atoms with Gasteiger partial charge < -0.3 is 24.3 Å². The predicted molar refractivity (Wildman–Crippen MR) is 118 cm³/mol. The summed E-state index contributed by atoms with van der Waals surface area (Å²) in [7, 11) is -1.01. The number of sulfonamides is 1. The van der Waals surface area contributed by atoms with Crippen molar-refractivity contribution in [3.05, 3.63) is 35.4 Å². The second-order valence-electron chi connectivity index (χ2n) is 7.26. The molecule has 172 valence electrons. The number of rotatable bonds is 6. The van der Waals surface area contributed by atoms with Gasteiger partial charge in [0.1, 0.15) is 30.8 Å². The van der Waals surface area contributed by atoms with Crippen LogP contribution in [0.3, 0.4) is 0 Å². The van der Waals surface area contributed by atoms with Crippen molar-refractivity contribution in [3.63, 3.8) is 0 Å². The van der Waals surface area contributed by atoms with Crippen molar-refractivity contribution in [1.82, 2.24) is 4.31 Å². The Balaban J connectivity index is 1.58. The maximum atomic E-state index is 13.3. The highest BCUT2D eigenvalue weighted by molar-refractivity contribution is 7.89. The van der Waals surface area contributed by atoms with Gasteiger partial charge in [-0.15, -0.1) is 0 Å². The van der Waals surface area contributed by atoms with Gasteiger partial charge in [-0.3, -0.25) is 4.79 Å². The number of hydrogen-bond donors (Lipinski definition) is 1. The first-order valence-corrected chi connectivity index (χ1v) is 11.8. The molecule has 4 rings (SSSR count). The lowest BCUT2D eigenvalue weighted by molar-refractivity contribution is -0.119. The summed E-state index contributed by atoms with van der Waals surface area (Å²) in [6, 6.07) is 6.64. The van der Waals surface area contributed by atoms with Gasteiger partial charge in [-0.05, 0) is 31.0 Å². The number of methoxy groups -OCH3 is 2. The molecule has 11 heteroatoms. The van der Waals surface area contributed by atoms with Crippen LogP contribution < -0.4 is 24.3 Å². The normalized spacial score (nSPS) is 18.3. The smallest absolute Gasteiger partial charge is 0.243 e. The molecule has 0 aromatic heterocycles. The van der Waals surface area contributed by atoms with Crippen molar-refractivity contribution in [3.8, 4) is 23.0 Å². The number of ether oxygens (including phenoxy) is 4. The van der Waals surface area contributed by atoms with Gasteiger partial charge in [0, 0.05) is 18.7 Å². The van der Waals surface area contributed by atoms with Gasteiger partial charge in [-0.25, -0.2) is 8.42 Å². The maximum Gasteiger partial charge on any atom is 0.243 e. The quantitative estimate of drug-likeness (QED) is 0.675. The number of carbonyl (C=O) groups is 1. The van der Waals surface area contributed by atoms with Crippen LogP contribution in [0, 0.1) is 0 Å². The van der Waals surface area contributed by atoms with Crippen LogP contribution in [0.25, 0.3) is 0 Å². The van der Waals surface area contributed by atoms with E-state index in [2.05, 4.69) is 5.32 Å². The molecule has 1 fully saturated rings. The highest BCUT2D eigenvalue weighted by Gasteiger charge is 2.40. The van der Waals surface area contributed by atoms with Crippen LogP contribution in [0.5, 0.6) is 23.0 Å². The topological polar surface area (TPSA) is 103 Å². The van der Waals surface area contributed by atoms with Crippen LogP contribution >= 0.6 is 11.6 Å². The van der Waals surface area contributed by atoms with E-state index in [1.165, 1.54) is 36.7 Å². The summed E-state index contributed by atoms with van der Waals surface area (Å²) in [5.74, 6) is 1.14. The van der Waals surface area contributed by atoms with Crippen LogP contribution in [0.15, 0.2) is 35.2 Å². The van der Waals surface area contributed by atoms with Crippen LogP contribution in [-0.2, 0) is 14.8 Å². The number of benzene rings is 2. The van der Waals surface area contributed by atoms with E-state index in [1.807, 2.05) is 0 Å². The van der Waals surface area contributed by atoms with E-state index in [-0.39, 0.29) is 16.5 Å². The third-order valence-electron chi connectivity index (χ3n) is 5.36. The van der Waals surface area contributed by atoms with Crippen molar-refractivity contribution in [2.24, 2.45) is 0 Å². The molecule has 2 heterocycles. The lowest BCUT2D eigenvalue weighted by atomic mass is 10.2. The fourth-order valence-electron chi connectivity index (χ4n) is 3.78. The standard InChI is InChI=1S/C21H23ClN2O7S/c1-28-18-12-19(29-2)15(11-14(18)22)23-21(25)16-4-3-7-24(16)32(26,27)13-5-6-17-20(10-13)31-9-8-30-17/h5-6,10-12,16H,3-4,7-9H2,1-2H3,(H,23,25). The van der Waals surface area contributed by atoms with Crippen LogP contribution in [-0.4, -0.2) is 58.7 Å². The molecule has 0 bridgehead atoms. The van der Waals surface area contributed by atoms with Crippen molar-refractivity contribution in [2.75, 3.05) is 39.3 Å². The Hall–Kier alpha value is -2.69. The van der Waals surface area contributed by atoms with Crippen molar-refractivity contribution < 1.29 is 32.2 Å². The Morgan fingerprint density at radius 1 is 1.09 bits per heavy atom. The number of amides is 1. The number of hydrogen-bond acceptors (Lipinski definition) is 7. The molecule has 2 aromatic rings. The molecule has 1 amide bonds. The van der Waals surface area contributed by atoms with Crippen molar-refractivity contribution >= 4 is 33.2 Å². The molecular formula is C21H23ClN2O7S. The molecule has 1 N–H and O–H groups in total. The summed E-state index contributed by atoms with van der Waals surface area (Å²) in [4.78, 5) is 13.1. The van der Waals surface area contributed by atoms with Gasteiger partial charge in [0.05, 0.1) is 29.8 Å². The zero-order valence-corrected chi connectivity index (χ0v) is 19.2. The Labute approximate surface area is 191 Å². The number of anilines is 1. The zero-order chi connectivity index (χ0) is 22.9. The summed E-state index contributed by atoms with van der Waals surface area (Å²) >= 11 is 6.18. The van der Waals surface area contributed by atoms with E-state index in [9.17, 15) is 13.2 Å². The highest BCUT2D eigenvalue weighted by atomic mass is 35.5. The van der Waals surface area contributed by atoms with Crippen molar-refractivity contribution in [2.45, 2.75) is 23.8 Å². The predicted octanol–water partition coefficient (Wildman–Crippen LogP) is 2.92. The van der Waals surface area contributed by atoms with Gasteiger partial charge >= 0.3 is 0 Å². The number of fused-ring (bicyclic) bond motifs is 1. The van der Waals surface area contributed by atoms with Crippen LogP contribution in [0.4, 0.5) is 5.69 Å². The molecule has 1 saturated heterocycles. The molecule has 2 aromatic carbocycles. The summed E-state index contributed by atoms with van der Waals surface area (Å²) in [5, 5.41) is 3.03. The lowest BCUT2D eigenvalue weighted by Gasteiger charge is -2.25. The van der Waals surface area contributed by atoms with E-state index < -0.39 is 22.0 Å². The van der Waals surface area contributed by atoms with Gasteiger partial charge in [0.15, 0.2) is 11.5 Å². The van der Waals surface area contributed by atoms with E-state index in [0.29, 0.717) is 54.7 Å². The van der Waals surface area contributed by atoms with Crippen LogP contribution in [0.1, 0.15) is 12.8 Å². The molecular weight excluding hydrogens is 460 g/mol. The van der Waals surface area contributed by atoms with Gasteiger partial charge in [0.2, 0.25) is 15.9 Å². The molecule has 1 unspecified atom stereocenters. The lowest BCUT2D eigenvalue weighted by Crippen LogP contribution is -2.43. The Kier molecular flexibility index (Phi) is 6.36. The number of halogens is 1. The molecule has 0 aliphatic carbocycles. The average Bonchev–Trinajstić information content (AvgIpc) is 3.30. The van der Waals surface area contributed by atoms with E-state index in [4.69, 9.17) is 30.5 Å². The number of carbonyl (C=O) groups excluding carboxylic acids is 1. The Bertz CT molecular complexity index is 1140. The third kappa shape index (κ3) is 4.17. The number of nitrogens with zero attached hydrogens (tertiary/aromatic N) is 1. The van der Waals surface area contributed by atoms with E-state index >= 15 is 0 Å². The van der Waals surface area contributed by atoms with Gasteiger partial charge in [0.25, 0.3) is 0 Å². The average molecular weight is 483 g/mol. The summed E-state index contributed by atoms with van der Waals surface area (Å²) < 4.78 is 49.3. The maximum absolute atomic E-state index is 13.3. The van der Waals surface area contributed by atoms with Gasteiger partial charge in [-0.2, -0.15) is 4.31 Å². The monoisotopic (exact) mass is 482 g/mol. The first-order valence-electron chi connectivity index (χ1n) is 9.99. The second-order valence-corrected chi connectivity index (χ2v) is 9.55. The minimum absolute atomic E-state index is 0.0477. The molecule has 2 aliphatic rings. The summed E-state index contributed by atoms with van der Waals surface area (Å²) in [5.41, 5.74) is 0.326. The molecule has 32 heavy (non-hydrogen) atoms. The fourth-order valence-corrected chi connectivity index (χ4v) is 5.70. The summed E-state index contributed by atoms with van der Waals surface area (Å²) in [6.45, 7) is 0.985. The minimum Gasteiger partial charge on any atom is -0.495 e. The molecule has 9 nitrogen and oxygen atoms in total. The largest absolute Gasteiger partial charge is 0.495 e. The molecule has 0 radical (unpaired) electrons. The first-order chi connectivity index (χ1) is 15.3. The molecule has 0 spiro atoms.